The normalized spacial score (nSPS) is 24.9. The average molecular weight is 362 g/mol. The molecule has 1 atom stereocenters. The highest BCUT2D eigenvalue weighted by Gasteiger charge is 2.44. The summed E-state index contributed by atoms with van der Waals surface area (Å²) >= 11 is 6.14. The Hall–Kier alpha value is -1.72. The van der Waals surface area contributed by atoms with Crippen molar-refractivity contribution in [3.8, 4) is 0 Å². The summed E-state index contributed by atoms with van der Waals surface area (Å²) < 4.78 is 5.70. The fourth-order valence-electron chi connectivity index (χ4n) is 4.17. The summed E-state index contributed by atoms with van der Waals surface area (Å²) in [4.78, 5) is 19.5. The Morgan fingerprint density at radius 3 is 2.92 bits per heavy atom. The van der Waals surface area contributed by atoms with Gasteiger partial charge >= 0.3 is 6.09 Å². The number of aromatic amines is 1. The molecular formula is C19H24ClN3O2. The molecule has 1 amide bonds. The molecule has 0 aliphatic carbocycles. The van der Waals surface area contributed by atoms with Crippen molar-refractivity contribution in [3.05, 3.63) is 34.5 Å². The maximum Gasteiger partial charge on any atom is 0.410 e. The second-order valence-corrected chi connectivity index (χ2v) is 7.89. The minimum Gasteiger partial charge on any atom is -0.441 e. The predicted molar refractivity (Wildman–Crippen MR) is 99.0 cm³/mol. The first-order valence-electron chi connectivity index (χ1n) is 8.89. The van der Waals surface area contributed by atoms with E-state index in [2.05, 4.69) is 16.8 Å². The van der Waals surface area contributed by atoms with Crippen molar-refractivity contribution in [2.45, 2.75) is 38.3 Å². The number of likely N-dealkylation sites (tertiary alicyclic amines) is 1. The van der Waals surface area contributed by atoms with Crippen LogP contribution in [-0.4, -0.2) is 53.2 Å². The third-order valence-corrected chi connectivity index (χ3v) is 5.87. The second kappa shape index (κ2) is 6.22. The average Bonchev–Trinajstić information content (AvgIpc) is 2.93. The Bertz CT molecular complexity index is 818. The quantitative estimate of drug-likeness (QED) is 0.881. The van der Waals surface area contributed by atoms with Crippen LogP contribution in [-0.2, 0) is 11.3 Å². The Morgan fingerprint density at radius 2 is 2.16 bits per heavy atom. The van der Waals surface area contributed by atoms with Crippen LogP contribution in [0.1, 0.15) is 30.5 Å². The van der Waals surface area contributed by atoms with Crippen molar-refractivity contribution in [2.24, 2.45) is 0 Å². The van der Waals surface area contributed by atoms with Crippen molar-refractivity contribution in [1.29, 1.82) is 0 Å². The van der Waals surface area contributed by atoms with Gasteiger partial charge in [-0.05, 0) is 50.1 Å². The fraction of sp³-hybridized carbons (Fsp3) is 0.526. The summed E-state index contributed by atoms with van der Waals surface area (Å²) in [5.74, 6) is 0. The second-order valence-electron chi connectivity index (χ2n) is 7.46. The number of aromatic nitrogens is 1. The van der Waals surface area contributed by atoms with Crippen LogP contribution in [0.3, 0.4) is 0 Å². The Labute approximate surface area is 152 Å². The summed E-state index contributed by atoms with van der Waals surface area (Å²) in [5.41, 5.74) is 3.36. The summed E-state index contributed by atoms with van der Waals surface area (Å²) in [6.45, 7) is 5.72. The number of carbonyl (C=O) groups is 1. The summed E-state index contributed by atoms with van der Waals surface area (Å²) in [7, 11) is 1.82. The number of ether oxygens (including phenoxy) is 1. The summed E-state index contributed by atoms with van der Waals surface area (Å²) in [6.07, 6.45) is 2.71. The Kier molecular flexibility index (Phi) is 4.16. The van der Waals surface area contributed by atoms with Gasteiger partial charge in [-0.2, -0.15) is 0 Å². The molecule has 25 heavy (non-hydrogen) atoms. The van der Waals surface area contributed by atoms with E-state index in [0.717, 1.165) is 49.4 Å². The predicted octanol–water partition coefficient (Wildman–Crippen LogP) is 3.94. The fourth-order valence-corrected chi connectivity index (χ4v) is 4.34. The van der Waals surface area contributed by atoms with Crippen LogP contribution in [0.4, 0.5) is 4.79 Å². The molecule has 2 fully saturated rings. The van der Waals surface area contributed by atoms with E-state index in [1.54, 1.807) is 4.90 Å². The zero-order valence-corrected chi connectivity index (χ0v) is 15.5. The molecule has 2 aliphatic rings. The van der Waals surface area contributed by atoms with Crippen LogP contribution in [0.25, 0.3) is 10.9 Å². The zero-order valence-electron chi connectivity index (χ0n) is 14.8. The first-order valence-corrected chi connectivity index (χ1v) is 9.27. The molecule has 3 heterocycles. The molecular weight excluding hydrogens is 338 g/mol. The van der Waals surface area contributed by atoms with Crippen molar-refractivity contribution < 1.29 is 9.53 Å². The van der Waals surface area contributed by atoms with E-state index >= 15 is 0 Å². The summed E-state index contributed by atoms with van der Waals surface area (Å²) in [5, 5.41) is 1.96. The smallest absolute Gasteiger partial charge is 0.410 e. The number of H-pyrrole nitrogens is 1. The number of hydrogen-bond donors (Lipinski definition) is 1. The van der Waals surface area contributed by atoms with Gasteiger partial charge in [0.15, 0.2) is 0 Å². The number of fused-ring (bicyclic) bond motifs is 1. The number of amides is 1. The van der Waals surface area contributed by atoms with E-state index in [1.165, 1.54) is 16.6 Å². The number of likely N-dealkylation sites (N-methyl/N-ethyl adjacent to an activating group) is 1. The maximum absolute atomic E-state index is 11.8. The molecule has 1 N–H and O–H groups in total. The van der Waals surface area contributed by atoms with E-state index in [4.69, 9.17) is 16.3 Å². The van der Waals surface area contributed by atoms with E-state index in [9.17, 15) is 4.79 Å². The molecule has 1 spiro atoms. The minimum absolute atomic E-state index is 0.184. The lowest BCUT2D eigenvalue weighted by atomic mass is 9.95. The standard InChI is InChI=1S/C19H24ClN3O2/c1-13-15-10-14(20)4-5-16(15)21-17(13)11-23-8-3-6-19(7-9-23)12-22(2)18(24)25-19/h4-5,10,21H,3,6-9,11-12H2,1-2H3. The molecule has 1 aromatic heterocycles. The molecule has 0 radical (unpaired) electrons. The maximum atomic E-state index is 11.8. The van der Waals surface area contributed by atoms with Crippen LogP contribution >= 0.6 is 11.6 Å². The van der Waals surface area contributed by atoms with E-state index < -0.39 is 0 Å². The Morgan fingerprint density at radius 1 is 1.32 bits per heavy atom. The highest BCUT2D eigenvalue weighted by Crippen LogP contribution is 2.33. The molecule has 1 aromatic carbocycles. The van der Waals surface area contributed by atoms with Crippen LogP contribution < -0.4 is 0 Å². The topological polar surface area (TPSA) is 48.6 Å². The first kappa shape index (κ1) is 16.7. The van der Waals surface area contributed by atoms with Gasteiger partial charge in [-0.15, -0.1) is 0 Å². The number of nitrogens with one attached hydrogen (secondary N) is 1. The van der Waals surface area contributed by atoms with Crippen LogP contribution in [0.15, 0.2) is 18.2 Å². The summed E-state index contributed by atoms with van der Waals surface area (Å²) in [6, 6.07) is 5.99. The number of halogens is 1. The van der Waals surface area contributed by atoms with Crippen molar-refractivity contribution in [1.82, 2.24) is 14.8 Å². The van der Waals surface area contributed by atoms with Gasteiger partial charge in [0.05, 0.1) is 6.54 Å². The van der Waals surface area contributed by atoms with Crippen LogP contribution in [0.2, 0.25) is 5.02 Å². The molecule has 5 nitrogen and oxygen atoms in total. The molecule has 2 aromatic rings. The highest BCUT2D eigenvalue weighted by atomic mass is 35.5. The molecule has 0 bridgehead atoms. The number of hydrogen-bond acceptors (Lipinski definition) is 3. The van der Waals surface area contributed by atoms with Crippen molar-refractivity contribution >= 4 is 28.6 Å². The van der Waals surface area contributed by atoms with E-state index in [1.807, 2.05) is 25.2 Å². The molecule has 6 heteroatoms. The number of rotatable bonds is 2. The zero-order chi connectivity index (χ0) is 17.6. The number of carbonyl (C=O) groups excluding carboxylic acids is 1. The van der Waals surface area contributed by atoms with E-state index in [-0.39, 0.29) is 11.7 Å². The van der Waals surface area contributed by atoms with Crippen LogP contribution in [0, 0.1) is 6.92 Å². The number of aryl methyl sites for hydroxylation is 1. The van der Waals surface area contributed by atoms with Gasteiger partial charge in [0, 0.05) is 48.2 Å². The largest absolute Gasteiger partial charge is 0.441 e. The highest BCUT2D eigenvalue weighted by molar-refractivity contribution is 6.31. The first-order chi connectivity index (χ1) is 12.0. The molecule has 2 aliphatic heterocycles. The third kappa shape index (κ3) is 3.11. The van der Waals surface area contributed by atoms with Gasteiger partial charge in [-0.25, -0.2) is 4.79 Å². The van der Waals surface area contributed by atoms with Gasteiger partial charge < -0.3 is 14.6 Å². The molecule has 0 saturated carbocycles. The van der Waals surface area contributed by atoms with Crippen molar-refractivity contribution in [3.63, 3.8) is 0 Å². The van der Waals surface area contributed by atoms with Gasteiger partial charge in [0.25, 0.3) is 0 Å². The van der Waals surface area contributed by atoms with Crippen molar-refractivity contribution in [2.75, 3.05) is 26.7 Å². The monoisotopic (exact) mass is 361 g/mol. The lowest BCUT2D eigenvalue weighted by Gasteiger charge is -2.25. The lowest BCUT2D eigenvalue weighted by Crippen LogP contribution is -2.35. The number of benzene rings is 1. The van der Waals surface area contributed by atoms with Crippen LogP contribution in [0.5, 0.6) is 0 Å². The Balaban J connectivity index is 1.49. The third-order valence-electron chi connectivity index (χ3n) is 5.64. The lowest BCUT2D eigenvalue weighted by molar-refractivity contribution is 0.0442. The minimum atomic E-state index is -0.288. The molecule has 4 rings (SSSR count). The molecule has 1 unspecified atom stereocenters. The molecule has 134 valence electrons. The van der Waals surface area contributed by atoms with E-state index in [0.29, 0.717) is 6.54 Å². The van der Waals surface area contributed by atoms with Gasteiger partial charge in [-0.1, -0.05) is 11.6 Å². The van der Waals surface area contributed by atoms with Gasteiger partial charge in [0.1, 0.15) is 5.60 Å². The SMILES string of the molecule is Cc1c(CN2CCCC3(CC2)CN(C)C(=O)O3)[nH]c2ccc(Cl)cc12. The van der Waals surface area contributed by atoms with Gasteiger partial charge in [0.2, 0.25) is 0 Å². The molecule has 2 saturated heterocycles. The van der Waals surface area contributed by atoms with Gasteiger partial charge in [-0.3, -0.25) is 4.90 Å². The number of nitrogens with zero attached hydrogens (tertiary/aromatic N) is 2.